The third-order valence-corrected chi connectivity index (χ3v) is 5.94. The van der Waals surface area contributed by atoms with Gasteiger partial charge in [0.15, 0.2) is 9.84 Å². The molecular weight excluding hydrogens is 268 g/mol. The van der Waals surface area contributed by atoms with E-state index in [1.807, 2.05) is 0 Å². The number of amides is 2. The summed E-state index contributed by atoms with van der Waals surface area (Å²) in [5.41, 5.74) is 0. The van der Waals surface area contributed by atoms with E-state index in [9.17, 15) is 18.0 Å². The molecule has 1 aliphatic carbocycles. The van der Waals surface area contributed by atoms with Gasteiger partial charge < -0.3 is 10.2 Å². The molecular formula is C12H18N2O4S. The summed E-state index contributed by atoms with van der Waals surface area (Å²) in [5.74, 6) is 0.250. The molecule has 1 N–H and O–H groups in total. The fourth-order valence-corrected chi connectivity index (χ4v) is 4.68. The van der Waals surface area contributed by atoms with Crippen LogP contribution in [0.4, 0.5) is 0 Å². The maximum atomic E-state index is 12.5. The van der Waals surface area contributed by atoms with E-state index in [1.54, 1.807) is 4.90 Å². The Morgan fingerprint density at radius 1 is 1.16 bits per heavy atom. The van der Waals surface area contributed by atoms with Crippen molar-refractivity contribution >= 4 is 21.7 Å². The predicted molar refractivity (Wildman–Crippen MR) is 68.0 cm³/mol. The standard InChI is InChI=1S/C12H18N2O4S/c15-10-3-5-14(9-4-6-19(17,18)7-9)12(16)11(13-10)8-1-2-8/h8-9,11H,1-7H2,(H,13,15). The predicted octanol–water partition coefficient (Wildman–Crippen LogP) is -0.699. The summed E-state index contributed by atoms with van der Waals surface area (Å²) in [4.78, 5) is 25.8. The molecule has 3 fully saturated rings. The lowest BCUT2D eigenvalue weighted by Crippen LogP contribution is -2.49. The summed E-state index contributed by atoms with van der Waals surface area (Å²) in [5, 5.41) is 2.79. The molecule has 2 amide bonds. The number of rotatable bonds is 2. The fourth-order valence-electron chi connectivity index (χ4n) is 2.95. The van der Waals surface area contributed by atoms with E-state index >= 15 is 0 Å². The molecule has 1 saturated carbocycles. The highest BCUT2D eigenvalue weighted by molar-refractivity contribution is 7.91. The highest BCUT2D eigenvalue weighted by atomic mass is 32.2. The van der Waals surface area contributed by atoms with Gasteiger partial charge in [-0.3, -0.25) is 9.59 Å². The maximum absolute atomic E-state index is 12.5. The van der Waals surface area contributed by atoms with Gasteiger partial charge in [-0.15, -0.1) is 0 Å². The zero-order chi connectivity index (χ0) is 13.6. The number of carbonyl (C=O) groups is 2. The summed E-state index contributed by atoms with van der Waals surface area (Å²) >= 11 is 0. The Morgan fingerprint density at radius 2 is 1.89 bits per heavy atom. The van der Waals surface area contributed by atoms with Crippen molar-refractivity contribution in [2.24, 2.45) is 5.92 Å². The quantitative estimate of drug-likeness (QED) is 0.727. The summed E-state index contributed by atoms with van der Waals surface area (Å²) in [6.45, 7) is 0.341. The third-order valence-electron chi connectivity index (χ3n) is 4.19. The monoisotopic (exact) mass is 286 g/mol. The first kappa shape index (κ1) is 12.9. The van der Waals surface area contributed by atoms with Crippen molar-refractivity contribution < 1.29 is 18.0 Å². The van der Waals surface area contributed by atoms with Crippen molar-refractivity contribution in [3.05, 3.63) is 0 Å². The maximum Gasteiger partial charge on any atom is 0.245 e. The Morgan fingerprint density at radius 3 is 2.47 bits per heavy atom. The van der Waals surface area contributed by atoms with E-state index in [4.69, 9.17) is 0 Å². The lowest BCUT2D eigenvalue weighted by Gasteiger charge is -2.29. The summed E-state index contributed by atoms with van der Waals surface area (Å²) in [7, 11) is -3.01. The number of hydrogen-bond donors (Lipinski definition) is 1. The molecule has 0 radical (unpaired) electrons. The Balaban J connectivity index is 1.79. The van der Waals surface area contributed by atoms with Crippen LogP contribution >= 0.6 is 0 Å². The van der Waals surface area contributed by atoms with Crippen molar-refractivity contribution in [3.63, 3.8) is 0 Å². The van der Waals surface area contributed by atoms with Crippen LogP contribution in [0.25, 0.3) is 0 Å². The van der Waals surface area contributed by atoms with Crippen molar-refractivity contribution in [3.8, 4) is 0 Å². The van der Waals surface area contributed by atoms with Gasteiger partial charge in [-0.05, 0) is 25.2 Å². The molecule has 3 aliphatic rings. The molecule has 0 aromatic carbocycles. The van der Waals surface area contributed by atoms with Gasteiger partial charge in [0.2, 0.25) is 11.8 Å². The lowest BCUT2D eigenvalue weighted by molar-refractivity contribution is -0.135. The molecule has 3 rings (SSSR count). The van der Waals surface area contributed by atoms with Crippen LogP contribution in [0.15, 0.2) is 0 Å². The second-order valence-corrected chi connectivity index (χ2v) is 7.95. The molecule has 0 aromatic heterocycles. The van der Waals surface area contributed by atoms with E-state index in [2.05, 4.69) is 5.32 Å². The van der Waals surface area contributed by atoms with Crippen molar-refractivity contribution in [1.82, 2.24) is 10.2 Å². The van der Waals surface area contributed by atoms with Crippen molar-refractivity contribution in [2.45, 2.75) is 37.8 Å². The summed E-state index contributed by atoms with van der Waals surface area (Å²) < 4.78 is 23.1. The van der Waals surface area contributed by atoms with Crippen LogP contribution in [0.3, 0.4) is 0 Å². The largest absolute Gasteiger partial charge is 0.344 e. The van der Waals surface area contributed by atoms with Gasteiger partial charge in [-0.25, -0.2) is 8.42 Å². The van der Waals surface area contributed by atoms with Crippen molar-refractivity contribution in [2.75, 3.05) is 18.1 Å². The fraction of sp³-hybridized carbons (Fsp3) is 0.833. The Bertz CT molecular complexity index is 512. The van der Waals surface area contributed by atoms with Crippen LogP contribution in [0, 0.1) is 5.92 Å². The Hall–Kier alpha value is -1.11. The van der Waals surface area contributed by atoms with Gasteiger partial charge in [-0.1, -0.05) is 0 Å². The van der Waals surface area contributed by atoms with Crippen LogP contribution in [-0.4, -0.2) is 55.3 Å². The Kier molecular flexibility index (Phi) is 3.03. The molecule has 2 atom stereocenters. The number of hydrogen-bond acceptors (Lipinski definition) is 4. The van der Waals surface area contributed by atoms with Crippen LogP contribution in [0.2, 0.25) is 0 Å². The molecule has 2 aliphatic heterocycles. The van der Waals surface area contributed by atoms with E-state index in [-0.39, 0.29) is 41.7 Å². The first-order chi connectivity index (χ1) is 8.96. The SMILES string of the molecule is O=C1CCN(C2CCS(=O)(=O)C2)C(=O)C(C2CC2)N1. The van der Waals surface area contributed by atoms with E-state index in [1.165, 1.54) is 0 Å². The lowest BCUT2D eigenvalue weighted by atomic mass is 10.1. The van der Waals surface area contributed by atoms with E-state index in [0.29, 0.717) is 13.0 Å². The highest BCUT2D eigenvalue weighted by Gasteiger charge is 2.44. The molecule has 0 bridgehead atoms. The Labute approximate surface area is 112 Å². The summed E-state index contributed by atoms with van der Waals surface area (Å²) in [6.07, 6.45) is 2.70. The van der Waals surface area contributed by atoms with Gasteiger partial charge in [-0.2, -0.15) is 0 Å². The summed E-state index contributed by atoms with van der Waals surface area (Å²) in [6, 6.07) is -0.676. The second kappa shape index (κ2) is 4.47. The van der Waals surface area contributed by atoms with Gasteiger partial charge in [0.25, 0.3) is 0 Å². The number of nitrogens with one attached hydrogen (secondary N) is 1. The second-order valence-electron chi connectivity index (χ2n) is 5.72. The van der Waals surface area contributed by atoms with Crippen LogP contribution in [0.5, 0.6) is 0 Å². The molecule has 106 valence electrons. The molecule has 0 aromatic rings. The van der Waals surface area contributed by atoms with E-state index < -0.39 is 15.9 Å². The minimum absolute atomic E-state index is 0.0459. The van der Waals surface area contributed by atoms with Gasteiger partial charge in [0.1, 0.15) is 6.04 Å². The first-order valence-electron chi connectivity index (χ1n) is 6.76. The van der Waals surface area contributed by atoms with Crippen LogP contribution < -0.4 is 5.32 Å². The van der Waals surface area contributed by atoms with E-state index in [0.717, 1.165) is 12.8 Å². The van der Waals surface area contributed by atoms with Crippen LogP contribution in [0.1, 0.15) is 25.7 Å². The average molecular weight is 286 g/mol. The van der Waals surface area contributed by atoms with Gasteiger partial charge in [0.05, 0.1) is 11.5 Å². The zero-order valence-electron chi connectivity index (χ0n) is 10.7. The minimum Gasteiger partial charge on any atom is -0.344 e. The highest BCUT2D eigenvalue weighted by Crippen LogP contribution is 2.35. The molecule has 2 saturated heterocycles. The zero-order valence-corrected chi connectivity index (χ0v) is 11.5. The topological polar surface area (TPSA) is 83.6 Å². The average Bonchev–Trinajstić information content (AvgIpc) is 3.11. The molecule has 2 heterocycles. The molecule has 7 heteroatoms. The molecule has 2 unspecified atom stereocenters. The normalized spacial score (nSPS) is 35.1. The molecule has 6 nitrogen and oxygen atoms in total. The van der Waals surface area contributed by atoms with Crippen LogP contribution in [-0.2, 0) is 19.4 Å². The third kappa shape index (κ3) is 2.61. The molecule has 0 spiro atoms. The van der Waals surface area contributed by atoms with Gasteiger partial charge in [0, 0.05) is 19.0 Å². The number of sulfone groups is 1. The molecule has 19 heavy (non-hydrogen) atoms. The first-order valence-corrected chi connectivity index (χ1v) is 8.59. The number of carbonyl (C=O) groups excluding carboxylic acids is 2. The number of nitrogens with zero attached hydrogens (tertiary/aromatic N) is 1. The minimum atomic E-state index is -3.01. The van der Waals surface area contributed by atoms with Crippen molar-refractivity contribution in [1.29, 1.82) is 0 Å². The van der Waals surface area contributed by atoms with Gasteiger partial charge >= 0.3 is 0 Å². The smallest absolute Gasteiger partial charge is 0.245 e.